The number of aromatic nitrogens is 2. The third-order valence-electron chi connectivity index (χ3n) is 3.69. The molecule has 0 aliphatic rings. The van der Waals surface area contributed by atoms with E-state index in [0.29, 0.717) is 11.4 Å². The number of urea groups is 1. The molecule has 0 atom stereocenters. The predicted octanol–water partition coefficient (Wildman–Crippen LogP) is 1.78. The van der Waals surface area contributed by atoms with Crippen molar-refractivity contribution in [2.75, 3.05) is 25.3 Å². The zero-order chi connectivity index (χ0) is 21.6. The molecule has 156 valence electrons. The molecule has 0 saturated heterocycles. The smallest absolute Gasteiger partial charge is 0.340 e. The van der Waals surface area contributed by atoms with Gasteiger partial charge in [0.25, 0.3) is 10.0 Å². The average molecular weight is 422 g/mol. The van der Waals surface area contributed by atoms with Crippen molar-refractivity contribution in [3.8, 4) is 0 Å². The number of aryl methyl sites for hydroxylation is 2. The fourth-order valence-electron chi connectivity index (χ4n) is 2.42. The first kappa shape index (κ1) is 22.2. The van der Waals surface area contributed by atoms with Crippen molar-refractivity contribution >= 4 is 28.0 Å². The van der Waals surface area contributed by atoms with Crippen LogP contribution >= 0.6 is 0 Å². The summed E-state index contributed by atoms with van der Waals surface area (Å²) in [5.74, 6) is -0.854. The number of esters is 1. The molecule has 29 heavy (non-hydrogen) atoms. The number of hydrogen-bond donors (Lipinski definition) is 1. The monoisotopic (exact) mass is 422 g/mol. The van der Waals surface area contributed by atoms with Gasteiger partial charge in [-0.15, -0.1) is 0 Å². The number of carbonyl (C=O) groups is 2. The van der Waals surface area contributed by atoms with Gasteiger partial charge in [0.15, 0.2) is 0 Å². The lowest BCUT2D eigenvalue weighted by atomic mass is 10.2. The molecular formula is C18H22N4O6S. The minimum absolute atomic E-state index is 0.00935. The Labute approximate surface area is 168 Å². The van der Waals surface area contributed by atoms with Gasteiger partial charge in [0.05, 0.1) is 12.7 Å². The summed E-state index contributed by atoms with van der Waals surface area (Å²) in [6.07, 6.45) is 0. The van der Waals surface area contributed by atoms with Gasteiger partial charge in [0.2, 0.25) is 5.95 Å². The van der Waals surface area contributed by atoms with Gasteiger partial charge >= 0.3 is 12.0 Å². The van der Waals surface area contributed by atoms with Crippen LogP contribution in [-0.2, 0) is 19.5 Å². The maximum atomic E-state index is 12.8. The summed E-state index contributed by atoms with van der Waals surface area (Å²) < 4.78 is 37.4. The minimum atomic E-state index is -4.40. The Morgan fingerprint density at radius 2 is 1.76 bits per heavy atom. The van der Waals surface area contributed by atoms with Crippen LogP contribution in [0.1, 0.15) is 28.7 Å². The quantitative estimate of drug-likeness (QED) is 0.528. The number of nitrogens with one attached hydrogen (secondary N) is 1. The maximum Gasteiger partial charge on any atom is 0.340 e. The Kier molecular flexibility index (Phi) is 7.23. The van der Waals surface area contributed by atoms with Crippen molar-refractivity contribution in [2.45, 2.75) is 25.7 Å². The van der Waals surface area contributed by atoms with Crippen LogP contribution in [-0.4, -0.2) is 50.8 Å². The third-order valence-corrected chi connectivity index (χ3v) is 5.06. The summed E-state index contributed by atoms with van der Waals surface area (Å²) >= 11 is 0. The number of carbonyl (C=O) groups excluding carboxylic acids is 2. The summed E-state index contributed by atoms with van der Waals surface area (Å²) in [6, 6.07) is 6.08. The Morgan fingerprint density at radius 1 is 1.14 bits per heavy atom. The van der Waals surface area contributed by atoms with Crippen molar-refractivity contribution < 1.29 is 27.5 Å². The summed E-state index contributed by atoms with van der Waals surface area (Å²) in [5, 5.41) is 0. The molecule has 1 N–H and O–H groups in total. The van der Waals surface area contributed by atoms with Crippen molar-refractivity contribution in [1.29, 1.82) is 0 Å². The van der Waals surface area contributed by atoms with Gasteiger partial charge in [0.1, 0.15) is 11.6 Å². The largest absolute Gasteiger partial charge is 0.465 e. The van der Waals surface area contributed by atoms with Crippen LogP contribution in [0.5, 0.6) is 0 Å². The minimum Gasteiger partial charge on any atom is -0.465 e. The van der Waals surface area contributed by atoms with Gasteiger partial charge in [-0.25, -0.2) is 37.6 Å². The SMILES string of the molecule is CCOCN(C(=O)NS(=O)(=O)c1ccccc1C(=O)OC)c1nc(C)cc(C)n1. The normalized spacial score (nSPS) is 11.0. The van der Waals surface area contributed by atoms with Crippen molar-refractivity contribution in [3.05, 3.63) is 47.3 Å². The van der Waals surface area contributed by atoms with E-state index in [2.05, 4.69) is 14.7 Å². The van der Waals surface area contributed by atoms with Crippen LogP contribution in [0.15, 0.2) is 35.2 Å². The fourth-order valence-corrected chi connectivity index (χ4v) is 3.57. The molecule has 11 heteroatoms. The maximum absolute atomic E-state index is 12.8. The summed E-state index contributed by atoms with van der Waals surface area (Å²) in [4.78, 5) is 33.6. The zero-order valence-corrected chi connectivity index (χ0v) is 17.3. The van der Waals surface area contributed by atoms with E-state index in [0.717, 1.165) is 12.0 Å². The Balaban J connectivity index is 2.39. The summed E-state index contributed by atoms with van der Waals surface area (Å²) in [7, 11) is -3.27. The standard InChI is InChI=1S/C18H22N4O6S/c1-5-28-11-22(17-19-12(2)10-13(3)20-17)18(24)21-29(25,26)15-9-7-6-8-14(15)16(23)27-4/h6-10H,5,11H2,1-4H3,(H,21,24). The van der Waals surface area contributed by atoms with Crippen molar-refractivity contribution in [1.82, 2.24) is 14.7 Å². The van der Waals surface area contributed by atoms with Gasteiger partial charge in [-0.3, -0.25) is 0 Å². The van der Waals surface area contributed by atoms with Crippen molar-refractivity contribution in [3.63, 3.8) is 0 Å². The highest BCUT2D eigenvalue weighted by Crippen LogP contribution is 2.17. The molecule has 10 nitrogen and oxygen atoms in total. The van der Waals surface area contributed by atoms with Gasteiger partial charge < -0.3 is 9.47 Å². The van der Waals surface area contributed by atoms with Crippen LogP contribution in [0.2, 0.25) is 0 Å². The van der Waals surface area contributed by atoms with Crippen LogP contribution < -0.4 is 9.62 Å². The number of rotatable bonds is 7. The zero-order valence-electron chi connectivity index (χ0n) is 16.5. The van der Waals surface area contributed by atoms with E-state index in [1.165, 1.54) is 24.3 Å². The fraction of sp³-hybridized carbons (Fsp3) is 0.333. The van der Waals surface area contributed by atoms with E-state index in [1.807, 2.05) is 4.72 Å². The first-order chi connectivity index (χ1) is 13.7. The highest BCUT2D eigenvalue weighted by atomic mass is 32.2. The van der Waals surface area contributed by atoms with Gasteiger partial charge in [-0.1, -0.05) is 12.1 Å². The second-order valence-electron chi connectivity index (χ2n) is 5.90. The molecule has 0 aliphatic carbocycles. The number of nitrogens with zero attached hydrogens (tertiary/aromatic N) is 3. The van der Waals surface area contributed by atoms with E-state index in [4.69, 9.17) is 4.74 Å². The molecular weight excluding hydrogens is 400 g/mol. The van der Waals surface area contributed by atoms with Gasteiger partial charge in [0, 0.05) is 18.0 Å². The number of ether oxygens (including phenoxy) is 2. The van der Waals surface area contributed by atoms with E-state index in [-0.39, 0.29) is 24.8 Å². The number of methoxy groups -OCH3 is 1. The van der Waals surface area contributed by atoms with Gasteiger partial charge in [-0.05, 0) is 39.0 Å². The van der Waals surface area contributed by atoms with E-state index >= 15 is 0 Å². The van der Waals surface area contributed by atoms with Gasteiger partial charge in [-0.2, -0.15) is 0 Å². The molecule has 2 aromatic rings. The van der Waals surface area contributed by atoms with E-state index < -0.39 is 26.9 Å². The number of sulfonamides is 1. The second kappa shape index (κ2) is 9.43. The van der Waals surface area contributed by atoms with Crippen LogP contribution in [0, 0.1) is 13.8 Å². The lowest BCUT2D eigenvalue weighted by Crippen LogP contribution is -2.45. The van der Waals surface area contributed by atoms with Crippen LogP contribution in [0.4, 0.5) is 10.7 Å². The molecule has 1 aromatic carbocycles. The first-order valence-corrected chi connectivity index (χ1v) is 10.1. The number of benzene rings is 1. The summed E-state index contributed by atoms with van der Waals surface area (Å²) in [6.45, 7) is 5.18. The Hall–Kier alpha value is -3.05. The molecule has 0 saturated carbocycles. The molecule has 1 heterocycles. The molecule has 2 rings (SSSR count). The van der Waals surface area contributed by atoms with E-state index in [9.17, 15) is 18.0 Å². The number of hydrogen-bond acceptors (Lipinski definition) is 8. The third kappa shape index (κ3) is 5.48. The lowest BCUT2D eigenvalue weighted by molar-refractivity contribution is 0.0596. The molecule has 0 radical (unpaired) electrons. The highest BCUT2D eigenvalue weighted by Gasteiger charge is 2.28. The van der Waals surface area contributed by atoms with E-state index in [1.54, 1.807) is 26.8 Å². The molecule has 0 aliphatic heterocycles. The topological polar surface area (TPSA) is 128 Å². The number of amides is 2. The predicted molar refractivity (Wildman–Crippen MR) is 104 cm³/mol. The molecule has 0 fully saturated rings. The second-order valence-corrected chi connectivity index (χ2v) is 7.55. The molecule has 2 amide bonds. The van der Waals surface area contributed by atoms with Crippen molar-refractivity contribution in [2.24, 2.45) is 0 Å². The van der Waals surface area contributed by atoms with Crippen LogP contribution in [0.25, 0.3) is 0 Å². The first-order valence-electron chi connectivity index (χ1n) is 8.61. The molecule has 1 aromatic heterocycles. The number of anilines is 1. The lowest BCUT2D eigenvalue weighted by Gasteiger charge is -2.21. The summed E-state index contributed by atoms with van der Waals surface area (Å²) in [5.41, 5.74) is 0.996. The highest BCUT2D eigenvalue weighted by molar-refractivity contribution is 7.90. The average Bonchev–Trinajstić information content (AvgIpc) is 2.66. The molecule has 0 bridgehead atoms. The molecule has 0 spiro atoms. The Morgan fingerprint density at radius 3 is 2.34 bits per heavy atom. The Bertz CT molecular complexity index is 989. The molecule has 0 unspecified atom stereocenters. The van der Waals surface area contributed by atoms with Crippen LogP contribution in [0.3, 0.4) is 0 Å².